The van der Waals surface area contributed by atoms with Crippen molar-refractivity contribution in [2.45, 2.75) is 13.3 Å². The Bertz CT molecular complexity index is 347. The summed E-state index contributed by atoms with van der Waals surface area (Å²) in [6.07, 6.45) is -0.162. The molecule has 0 saturated heterocycles. The number of aryl methyl sites for hydroxylation is 1. The normalized spacial score (nSPS) is 10.0. The van der Waals surface area contributed by atoms with E-state index in [4.69, 9.17) is 5.11 Å². The smallest absolute Gasteiger partial charge is 0.307 e. The first-order chi connectivity index (χ1) is 6.00. The molecule has 0 amide bonds. The molecule has 3 nitrogen and oxygen atoms in total. The standard InChI is InChI=1S/C9H9BrO3/c1-5-2-8(11)6(3-7(5)10)4-9(12)13/h2-3,11H,4H2,1H3,(H,12,13). The van der Waals surface area contributed by atoms with Crippen LogP contribution in [0, 0.1) is 6.92 Å². The second kappa shape index (κ2) is 3.79. The van der Waals surface area contributed by atoms with E-state index in [1.807, 2.05) is 6.92 Å². The molecule has 0 radical (unpaired) electrons. The summed E-state index contributed by atoms with van der Waals surface area (Å²) in [7, 11) is 0. The van der Waals surface area contributed by atoms with Crippen molar-refractivity contribution in [3.05, 3.63) is 27.7 Å². The molecule has 0 aliphatic carbocycles. The number of carboxylic acids is 1. The lowest BCUT2D eigenvalue weighted by Gasteiger charge is -2.04. The number of phenols is 1. The molecule has 13 heavy (non-hydrogen) atoms. The summed E-state index contributed by atoms with van der Waals surface area (Å²) in [5.41, 5.74) is 1.30. The number of aliphatic carboxylic acids is 1. The van der Waals surface area contributed by atoms with Crippen LogP contribution in [0.3, 0.4) is 0 Å². The quantitative estimate of drug-likeness (QED) is 0.838. The highest BCUT2D eigenvalue weighted by atomic mass is 79.9. The summed E-state index contributed by atoms with van der Waals surface area (Å²) in [5, 5.41) is 17.9. The highest BCUT2D eigenvalue weighted by Crippen LogP contribution is 2.26. The minimum atomic E-state index is -0.953. The van der Waals surface area contributed by atoms with Gasteiger partial charge in [0.15, 0.2) is 0 Å². The fraction of sp³-hybridized carbons (Fsp3) is 0.222. The molecule has 0 aliphatic rings. The number of hydrogen-bond donors (Lipinski definition) is 2. The summed E-state index contributed by atoms with van der Waals surface area (Å²) in [6, 6.07) is 3.17. The maximum absolute atomic E-state index is 10.4. The number of hydrogen-bond acceptors (Lipinski definition) is 2. The number of benzene rings is 1. The third-order valence-electron chi connectivity index (χ3n) is 1.70. The average Bonchev–Trinajstić information content (AvgIpc) is 1.99. The monoisotopic (exact) mass is 244 g/mol. The number of aromatic hydroxyl groups is 1. The van der Waals surface area contributed by atoms with Gasteiger partial charge >= 0.3 is 5.97 Å². The molecule has 0 atom stereocenters. The lowest BCUT2D eigenvalue weighted by Crippen LogP contribution is -2.00. The van der Waals surface area contributed by atoms with E-state index in [1.54, 1.807) is 12.1 Å². The Labute approximate surface area is 84.1 Å². The fourth-order valence-corrected chi connectivity index (χ4v) is 1.40. The molecule has 0 fully saturated rings. The van der Waals surface area contributed by atoms with Crippen molar-refractivity contribution in [1.29, 1.82) is 0 Å². The van der Waals surface area contributed by atoms with E-state index in [9.17, 15) is 9.90 Å². The predicted molar refractivity (Wildman–Crippen MR) is 51.9 cm³/mol. The van der Waals surface area contributed by atoms with Gasteiger partial charge in [0.2, 0.25) is 0 Å². The fourth-order valence-electron chi connectivity index (χ4n) is 1.01. The summed E-state index contributed by atoms with van der Waals surface area (Å²) in [6.45, 7) is 1.83. The van der Waals surface area contributed by atoms with Crippen LogP contribution in [0.2, 0.25) is 0 Å². The van der Waals surface area contributed by atoms with Gasteiger partial charge in [-0.1, -0.05) is 15.9 Å². The Hall–Kier alpha value is -1.03. The molecule has 0 heterocycles. The maximum Gasteiger partial charge on any atom is 0.307 e. The lowest BCUT2D eigenvalue weighted by molar-refractivity contribution is -0.136. The Morgan fingerprint density at radius 3 is 2.69 bits per heavy atom. The summed E-state index contributed by atoms with van der Waals surface area (Å²) in [4.78, 5) is 10.4. The zero-order chi connectivity index (χ0) is 10.0. The van der Waals surface area contributed by atoms with Gasteiger partial charge in [-0.3, -0.25) is 4.79 Å². The van der Waals surface area contributed by atoms with Gasteiger partial charge in [0.25, 0.3) is 0 Å². The SMILES string of the molecule is Cc1cc(O)c(CC(=O)O)cc1Br. The van der Waals surface area contributed by atoms with E-state index in [0.29, 0.717) is 5.56 Å². The Balaban J connectivity index is 3.08. The zero-order valence-electron chi connectivity index (χ0n) is 7.04. The molecule has 0 bridgehead atoms. The first kappa shape index (κ1) is 10.1. The molecule has 0 unspecified atom stereocenters. The van der Waals surface area contributed by atoms with Crippen molar-refractivity contribution in [3.8, 4) is 5.75 Å². The van der Waals surface area contributed by atoms with Gasteiger partial charge in [-0.2, -0.15) is 0 Å². The van der Waals surface area contributed by atoms with Gasteiger partial charge < -0.3 is 10.2 Å². The number of carbonyl (C=O) groups is 1. The molecular formula is C9H9BrO3. The zero-order valence-corrected chi connectivity index (χ0v) is 8.63. The number of halogens is 1. The Morgan fingerprint density at radius 1 is 1.54 bits per heavy atom. The van der Waals surface area contributed by atoms with E-state index in [0.717, 1.165) is 10.0 Å². The highest BCUT2D eigenvalue weighted by Gasteiger charge is 2.08. The second-order valence-electron chi connectivity index (χ2n) is 2.80. The van der Waals surface area contributed by atoms with Gasteiger partial charge in [0.1, 0.15) is 5.75 Å². The topological polar surface area (TPSA) is 57.5 Å². The molecule has 0 aliphatic heterocycles. The van der Waals surface area contributed by atoms with Crippen LogP contribution in [0.15, 0.2) is 16.6 Å². The molecule has 70 valence electrons. The number of rotatable bonds is 2. The molecule has 4 heteroatoms. The minimum Gasteiger partial charge on any atom is -0.508 e. The lowest BCUT2D eigenvalue weighted by atomic mass is 10.1. The van der Waals surface area contributed by atoms with Gasteiger partial charge in [-0.05, 0) is 24.6 Å². The van der Waals surface area contributed by atoms with Crippen LogP contribution in [0.1, 0.15) is 11.1 Å². The maximum atomic E-state index is 10.4. The van der Waals surface area contributed by atoms with Crippen LogP contribution in [0.25, 0.3) is 0 Å². The van der Waals surface area contributed by atoms with E-state index < -0.39 is 5.97 Å². The molecule has 0 spiro atoms. The second-order valence-corrected chi connectivity index (χ2v) is 3.65. The Morgan fingerprint density at radius 2 is 2.15 bits per heavy atom. The van der Waals surface area contributed by atoms with Crippen LogP contribution in [-0.4, -0.2) is 16.2 Å². The van der Waals surface area contributed by atoms with Crippen molar-refractivity contribution in [2.75, 3.05) is 0 Å². The van der Waals surface area contributed by atoms with Crippen molar-refractivity contribution >= 4 is 21.9 Å². The predicted octanol–water partition coefficient (Wildman–Crippen LogP) is 2.09. The van der Waals surface area contributed by atoms with Gasteiger partial charge in [-0.15, -0.1) is 0 Å². The first-order valence-corrected chi connectivity index (χ1v) is 4.50. The van der Waals surface area contributed by atoms with E-state index in [2.05, 4.69) is 15.9 Å². The molecule has 1 aromatic rings. The van der Waals surface area contributed by atoms with Gasteiger partial charge in [0, 0.05) is 10.0 Å². The summed E-state index contributed by atoms with van der Waals surface area (Å²) >= 11 is 3.27. The van der Waals surface area contributed by atoms with Gasteiger partial charge in [-0.25, -0.2) is 0 Å². The molecule has 1 rings (SSSR count). The van der Waals surface area contributed by atoms with Gasteiger partial charge in [0.05, 0.1) is 6.42 Å². The number of phenolic OH excluding ortho intramolecular Hbond substituents is 1. The summed E-state index contributed by atoms with van der Waals surface area (Å²) < 4.78 is 0.807. The van der Waals surface area contributed by atoms with Crippen LogP contribution < -0.4 is 0 Å². The average molecular weight is 245 g/mol. The van der Waals surface area contributed by atoms with Crippen LogP contribution in [0.5, 0.6) is 5.75 Å². The Kier molecular flexibility index (Phi) is 2.93. The molecule has 0 aromatic heterocycles. The molecule has 0 saturated carbocycles. The molecule has 2 N–H and O–H groups in total. The van der Waals surface area contributed by atoms with E-state index in [-0.39, 0.29) is 12.2 Å². The largest absolute Gasteiger partial charge is 0.508 e. The third-order valence-corrected chi connectivity index (χ3v) is 2.56. The highest BCUT2D eigenvalue weighted by molar-refractivity contribution is 9.10. The van der Waals surface area contributed by atoms with Crippen LogP contribution in [0.4, 0.5) is 0 Å². The third kappa shape index (κ3) is 2.45. The van der Waals surface area contributed by atoms with E-state index in [1.165, 1.54) is 0 Å². The van der Waals surface area contributed by atoms with E-state index >= 15 is 0 Å². The minimum absolute atomic E-state index is 0.0306. The van der Waals surface area contributed by atoms with Crippen molar-refractivity contribution in [2.24, 2.45) is 0 Å². The van der Waals surface area contributed by atoms with Crippen LogP contribution >= 0.6 is 15.9 Å². The van der Waals surface area contributed by atoms with Crippen molar-refractivity contribution in [3.63, 3.8) is 0 Å². The number of carboxylic acid groups (broad SMARTS) is 1. The van der Waals surface area contributed by atoms with Crippen molar-refractivity contribution < 1.29 is 15.0 Å². The molecular weight excluding hydrogens is 236 g/mol. The molecule has 1 aromatic carbocycles. The van der Waals surface area contributed by atoms with Crippen molar-refractivity contribution in [1.82, 2.24) is 0 Å². The summed E-state index contributed by atoms with van der Waals surface area (Å²) in [5.74, 6) is -0.922. The van der Waals surface area contributed by atoms with Crippen LogP contribution in [-0.2, 0) is 11.2 Å². The first-order valence-electron chi connectivity index (χ1n) is 3.70.